The van der Waals surface area contributed by atoms with E-state index in [2.05, 4.69) is 149 Å². The van der Waals surface area contributed by atoms with Gasteiger partial charge in [0, 0.05) is 45.5 Å². The second-order valence-electron chi connectivity index (χ2n) is 13.2. The van der Waals surface area contributed by atoms with Gasteiger partial charge in [0.15, 0.2) is 17.5 Å². The second-order valence-corrected chi connectivity index (χ2v) is 13.2. The quantitative estimate of drug-likeness (QED) is 0.176. The zero-order valence-corrected chi connectivity index (χ0v) is 28.6. The van der Waals surface area contributed by atoms with E-state index in [1.807, 2.05) is 42.6 Å². The normalized spacial score (nSPS) is 11.4. The highest BCUT2D eigenvalue weighted by atomic mass is 15.0. The molecular formula is C48H31N5. The number of pyridine rings is 1. The summed E-state index contributed by atoms with van der Waals surface area (Å²) < 4.78 is 2.37. The summed E-state index contributed by atoms with van der Waals surface area (Å²) in [5.41, 5.74) is 10.7. The van der Waals surface area contributed by atoms with E-state index in [0.29, 0.717) is 17.5 Å². The Balaban J connectivity index is 1.06. The van der Waals surface area contributed by atoms with E-state index < -0.39 is 0 Å². The summed E-state index contributed by atoms with van der Waals surface area (Å²) in [6, 6.07) is 61.5. The highest BCUT2D eigenvalue weighted by Crippen LogP contribution is 2.39. The van der Waals surface area contributed by atoms with Gasteiger partial charge in [0.05, 0.1) is 11.0 Å². The average Bonchev–Trinajstić information content (AvgIpc) is 3.59. The lowest BCUT2D eigenvalue weighted by molar-refractivity contribution is 1.07. The van der Waals surface area contributed by atoms with Gasteiger partial charge < -0.3 is 4.57 Å². The monoisotopic (exact) mass is 677 g/mol. The van der Waals surface area contributed by atoms with Gasteiger partial charge in [-0.05, 0) is 69.4 Å². The summed E-state index contributed by atoms with van der Waals surface area (Å²) in [6.07, 6.45) is 3.66. The van der Waals surface area contributed by atoms with Gasteiger partial charge in [-0.25, -0.2) is 15.0 Å². The third kappa shape index (κ3) is 5.52. The highest BCUT2D eigenvalue weighted by Gasteiger charge is 2.17. The Morgan fingerprint density at radius 2 is 0.887 bits per heavy atom. The minimum Gasteiger partial charge on any atom is -0.309 e. The number of hydrogen-bond donors (Lipinski definition) is 0. The first kappa shape index (κ1) is 30.6. The Hall–Kier alpha value is -7.24. The Bertz CT molecular complexity index is 2900. The van der Waals surface area contributed by atoms with Crippen LogP contribution in [0.2, 0.25) is 0 Å². The Morgan fingerprint density at radius 1 is 0.358 bits per heavy atom. The Morgan fingerprint density at radius 3 is 1.55 bits per heavy atom. The molecule has 0 saturated heterocycles. The first-order chi connectivity index (χ1) is 26.3. The van der Waals surface area contributed by atoms with Crippen LogP contribution in [-0.2, 0) is 0 Å². The molecule has 0 N–H and O–H groups in total. The van der Waals surface area contributed by atoms with E-state index in [1.54, 1.807) is 6.20 Å². The molecule has 5 nitrogen and oxygen atoms in total. The van der Waals surface area contributed by atoms with E-state index in [9.17, 15) is 0 Å². The molecule has 0 radical (unpaired) electrons. The van der Waals surface area contributed by atoms with Gasteiger partial charge in [0.1, 0.15) is 0 Å². The standard InChI is InChI=1S/C48H31N5/c1-3-11-35(12-4-1)46-50-47(52-48(51-46)37-23-19-33(20-24-37)39-13-9-29-49-31-39)36-21-17-32(18-22-36)38-26-27-43-42(30-38)45-41-16-8-7-10-34(41)25-28-44(45)53(43)40-14-5-2-6-15-40/h1-31H. The van der Waals surface area contributed by atoms with Crippen molar-refractivity contribution in [2.45, 2.75) is 0 Å². The fourth-order valence-electron chi connectivity index (χ4n) is 7.33. The Labute approximate surface area is 306 Å². The average molecular weight is 678 g/mol. The van der Waals surface area contributed by atoms with Crippen LogP contribution in [0.15, 0.2) is 188 Å². The van der Waals surface area contributed by atoms with Crippen molar-refractivity contribution in [2.75, 3.05) is 0 Å². The van der Waals surface area contributed by atoms with Gasteiger partial charge in [-0.2, -0.15) is 0 Å². The van der Waals surface area contributed by atoms with Gasteiger partial charge in [0.2, 0.25) is 0 Å². The van der Waals surface area contributed by atoms with Crippen molar-refractivity contribution in [1.82, 2.24) is 24.5 Å². The molecule has 0 unspecified atom stereocenters. The molecule has 10 rings (SSSR count). The lowest BCUT2D eigenvalue weighted by Gasteiger charge is -2.10. The Kier molecular flexibility index (Phi) is 7.40. The molecule has 5 heteroatoms. The fourth-order valence-corrected chi connectivity index (χ4v) is 7.33. The van der Waals surface area contributed by atoms with Crippen LogP contribution < -0.4 is 0 Å². The van der Waals surface area contributed by atoms with E-state index in [0.717, 1.165) is 44.6 Å². The van der Waals surface area contributed by atoms with Crippen molar-refractivity contribution in [2.24, 2.45) is 0 Å². The third-order valence-electron chi connectivity index (χ3n) is 9.95. The minimum atomic E-state index is 0.628. The van der Waals surface area contributed by atoms with Crippen LogP contribution >= 0.6 is 0 Å². The predicted octanol–water partition coefficient (Wildman–Crippen LogP) is 11.9. The molecule has 0 spiro atoms. The van der Waals surface area contributed by atoms with Crippen LogP contribution in [0.1, 0.15) is 0 Å². The van der Waals surface area contributed by atoms with E-state index in [4.69, 9.17) is 15.0 Å². The molecule has 0 aliphatic rings. The number of aromatic nitrogens is 5. The maximum Gasteiger partial charge on any atom is 0.164 e. The van der Waals surface area contributed by atoms with Gasteiger partial charge in [-0.1, -0.05) is 140 Å². The molecule has 0 atom stereocenters. The van der Waals surface area contributed by atoms with Crippen molar-refractivity contribution in [3.8, 4) is 62.1 Å². The molecular weight excluding hydrogens is 647 g/mol. The number of fused-ring (bicyclic) bond motifs is 5. The molecule has 0 fully saturated rings. The zero-order valence-electron chi connectivity index (χ0n) is 28.6. The summed E-state index contributed by atoms with van der Waals surface area (Å²) in [7, 11) is 0. The molecule has 0 aliphatic heterocycles. The molecule has 7 aromatic carbocycles. The molecule has 0 saturated carbocycles. The van der Waals surface area contributed by atoms with Crippen LogP contribution in [0.25, 0.3) is 94.7 Å². The number of nitrogens with zero attached hydrogens (tertiary/aromatic N) is 5. The van der Waals surface area contributed by atoms with Crippen molar-refractivity contribution in [3.63, 3.8) is 0 Å². The topological polar surface area (TPSA) is 56.5 Å². The largest absolute Gasteiger partial charge is 0.309 e. The molecule has 3 heterocycles. The van der Waals surface area contributed by atoms with Crippen LogP contribution in [-0.4, -0.2) is 24.5 Å². The minimum absolute atomic E-state index is 0.628. The van der Waals surface area contributed by atoms with Crippen LogP contribution in [0.3, 0.4) is 0 Å². The highest BCUT2D eigenvalue weighted by molar-refractivity contribution is 6.21. The molecule has 10 aromatic rings. The summed E-state index contributed by atoms with van der Waals surface area (Å²) >= 11 is 0. The number of rotatable bonds is 6. The fraction of sp³-hybridized carbons (Fsp3) is 0. The SMILES string of the molecule is c1ccc(-c2nc(-c3ccc(-c4cccnc4)cc3)nc(-c3ccc(-c4ccc5c(c4)c4c6ccccc6ccc4n5-c4ccccc4)cc3)n2)cc1. The summed E-state index contributed by atoms with van der Waals surface area (Å²) in [5, 5.41) is 4.98. The molecule has 53 heavy (non-hydrogen) atoms. The van der Waals surface area contributed by atoms with Crippen molar-refractivity contribution in [3.05, 3.63) is 188 Å². The maximum absolute atomic E-state index is 5.00. The predicted molar refractivity (Wildman–Crippen MR) is 217 cm³/mol. The molecule has 248 valence electrons. The van der Waals surface area contributed by atoms with E-state index in [-0.39, 0.29) is 0 Å². The van der Waals surface area contributed by atoms with Crippen molar-refractivity contribution in [1.29, 1.82) is 0 Å². The van der Waals surface area contributed by atoms with Crippen LogP contribution in [0.5, 0.6) is 0 Å². The second kappa shape index (κ2) is 12.8. The summed E-state index contributed by atoms with van der Waals surface area (Å²) in [4.78, 5) is 19.2. The first-order valence-electron chi connectivity index (χ1n) is 17.7. The zero-order chi connectivity index (χ0) is 35.1. The van der Waals surface area contributed by atoms with E-state index >= 15 is 0 Å². The first-order valence-corrected chi connectivity index (χ1v) is 17.7. The van der Waals surface area contributed by atoms with Gasteiger partial charge in [0.25, 0.3) is 0 Å². The number of para-hydroxylation sites is 1. The van der Waals surface area contributed by atoms with Crippen molar-refractivity contribution >= 4 is 32.6 Å². The van der Waals surface area contributed by atoms with Crippen LogP contribution in [0, 0.1) is 0 Å². The molecule has 3 aromatic heterocycles. The number of hydrogen-bond acceptors (Lipinski definition) is 4. The van der Waals surface area contributed by atoms with Gasteiger partial charge >= 0.3 is 0 Å². The third-order valence-corrected chi connectivity index (χ3v) is 9.95. The maximum atomic E-state index is 5.00. The summed E-state index contributed by atoms with van der Waals surface area (Å²) in [6.45, 7) is 0. The van der Waals surface area contributed by atoms with Crippen molar-refractivity contribution < 1.29 is 0 Å². The van der Waals surface area contributed by atoms with Crippen LogP contribution in [0.4, 0.5) is 0 Å². The molecule has 0 amide bonds. The smallest absolute Gasteiger partial charge is 0.164 e. The summed E-state index contributed by atoms with van der Waals surface area (Å²) in [5.74, 6) is 1.89. The number of benzene rings is 7. The lowest BCUT2D eigenvalue weighted by Crippen LogP contribution is -2.00. The van der Waals surface area contributed by atoms with E-state index in [1.165, 1.54) is 32.6 Å². The molecule has 0 aliphatic carbocycles. The van der Waals surface area contributed by atoms with Gasteiger partial charge in [-0.15, -0.1) is 0 Å². The lowest BCUT2D eigenvalue weighted by atomic mass is 9.99. The van der Waals surface area contributed by atoms with Gasteiger partial charge in [-0.3, -0.25) is 4.98 Å². The molecule has 0 bridgehead atoms.